The van der Waals surface area contributed by atoms with Gasteiger partial charge in [-0.3, -0.25) is 4.90 Å². The Morgan fingerprint density at radius 3 is 2.65 bits per heavy atom. The van der Waals surface area contributed by atoms with Crippen LogP contribution in [0.5, 0.6) is 0 Å². The minimum absolute atomic E-state index is 0.219. The number of sulfonamides is 1. The van der Waals surface area contributed by atoms with E-state index in [4.69, 9.17) is 0 Å². The van der Waals surface area contributed by atoms with Crippen LogP contribution >= 0.6 is 11.8 Å². The van der Waals surface area contributed by atoms with Crippen molar-refractivity contribution in [3.63, 3.8) is 0 Å². The molecule has 0 amide bonds. The van der Waals surface area contributed by atoms with Gasteiger partial charge in [-0.2, -0.15) is 11.8 Å². The van der Waals surface area contributed by atoms with Crippen molar-refractivity contribution in [2.75, 3.05) is 43.4 Å². The number of hydrogen-bond donors (Lipinski definition) is 0. The number of aryl methyl sites for hydroxylation is 1. The van der Waals surface area contributed by atoms with Crippen LogP contribution < -0.4 is 0 Å². The lowest BCUT2D eigenvalue weighted by atomic mass is 10.2. The highest BCUT2D eigenvalue weighted by molar-refractivity contribution is 7.99. The van der Waals surface area contributed by atoms with Crippen molar-refractivity contribution in [1.29, 1.82) is 0 Å². The zero-order valence-corrected chi connectivity index (χ0v) is 15.2. The average Bonchev–Trinajstić information content (AvgIpc) is 2.98. The van der Waals surface area contributed by atoms with Crippen LogP contribution in [0.1, 0.15) is 18.4 Å². The molecule has 1 atom stereocenters. The number of thioether (sulfide) groups is 1. The molecule has 23 heavy (non-hydrogen) atoms. The zero-order chi connectivity index (χ0) is 16.1. The average molecular weight is 355 g/mol. The van der Waals surface area contributed by atoms with Gasteiger partial charge >= 0.3 is 0 Å². The SMILES string of the molecule is O=S(=O)(CCc1ccccc1)N1CCCN(C2CCSC2)CC1. The largest absolute Gasteiger partial charge is 0.298 e. The maximum absolute atomic E-state index is 12.6. The fourth-order valence-electron chi connectivity index (χ4n) is 3.39. The molecule has 6 heteroatoms. The van der Waals surface area contributed by atoms with Gasteiger partial charge in [0.05, 0.1) is 5.75 Å². The van der Waals surface area contributed by atoms with E-state index in [1.807, 2.05) is 42.1 Å². The monoisotopic (exact) mass is 354 g/mol. The summed E-state index contributed by atoms with van der Waals surface area (Å²) < 4.78 is 27.0. The van der Waals surface area contributed by atoms with Crippen LogP contribution in [0.4, 0.5) is 0 Å². The van der Waals surface area contributed by atoms with Crippen molar-refractivity contribution in [3.8, 4) is 0 Å². The molecule has 0 radical (unpaired) electrons. The quantitative estimate of drug-likeness (QED) is 0.812. The molecular weight excluding hydrogens is 328 g/mol. The number of nitrogens with zero attached hydrogens (tertiary/aromatic N) is 2. The van der Waals surface area contributed by atoms with Gasteiger partial charge in [-0.1, -0.05) is 30.3 Å². The third-order valence-corrected chi connectivity index (χ3v) is 7.81. The van der Waals surface area contributed by atoms with E-state index in [2.05, 4.69) is 4.90 Å². The Kier molecular flexibility index (Phi) is 6.01. The lowest BCUT2D eigenvalue weighted by Gasteiger charge is -2.26. The van der Waals surface area contributed by atoms with Crippen molar-refractivity contribution < 1.29 is 8.42 Å². The van der Waals surface area contributed by atoms with Crippen LogP contribution in [-0.2, 0) is 16.4 Å². The Balaban J connectivity index is 1.55. The summed E-state index contributed by atoms with van der Waals surface area (Å²) in [5.74, 6) is 2.68. The second-order valence-corrected chi connectivity index (χ2v) is 9.60. The van der Waals surface area contributed by atoms with E-state index in [9.17, 15) is 8.42 Å². The van der Waals surface area contributed by atoms with E-state index in [0.29, 0.717) is 25.6 Å². The maximum Gasteiger partial charge on any atom is 0.214 e. The zero-order valence-electron chi connectivity index (χ0n) is 13.6. The molecular formula is C17H26N2O2S2. The van der Waals surface area contributed by atoms with Crippen LogP contribution in [-0.4, -0.2) is 67.1 Å². The molecule has 0 aromatic heterocycles. The van der Waals surface area contributed by atoms with E-state index in [-0.39, 0.29) is 5.75 Å². The molecule has 1 aromatic rings. The highest BCUT2D eigenvalue weighted by Gasteiger charge is 2.29. The summed E-state index contributed by atoms with van der Waals surface area (Å²) in [5.41, 5.74) is 1.09. The highest BCUT2D eigenvalue weighted by Crippen LogP contribution is 2.23. The summed E-state index contributed by atoms with van der Waals surface area (Å²) in [7, 11) is -3.15. The first-order valence-electron chi connectivity index (χ1n) is 8.49. The van der Waals surface area contributed by atoms with Crippen LogP contribution in [0.25, 0.3) is 0 Å². The van der Waals surface area contributed by atoms with E-state index >= 15 is 0 Å². The molecule has 3 rings (SSSR count). The van der Waals surface area contributed by atoms with E-state index < -0.39 is 10.0 Å². The first kappa shape index (κ1) is 17.3. The van der Waals surface area contributed by atoms with E-state index in [0.717, 1.165) is 25.1 Å². The summed E-state index contributed by atoms with van der Waals surface area (Å²) in [4.78, 5) is 2.51. The lowest BCUT2D eigenvalue weighted by molar-refractivity contribution is 0.223. The smallest absolute Gasteiger partial charge is 0.214 e. The van der Waals surface area contributed by atoms with Crippen molar-refractivity contribution >= 4 is 21.8 Å². The molecule has 2 aliphatic rings. The van der Waals surface area contributed by atoms with Gasteiger partial charge in [-0.25, -0.2) is 12.7 Å². The summed E-state index contributed by atoms with van der Waals surface area (Å²) in [6.45, 7) is 3.25. The standard InChI is InChI=1S/C17H26N2O2S2/c20-23(21,14-8-16-5-2-1-3-6-16)19-10-4-9-18(11-12-19)17-7-13-22-15-17/h1-3,5-6,17H,4,7-15H2. The molecule has 2 heterocycles. The van der Waals surface area contributed by atoms with Gasteiger partial charge in [0.25, 0.3) is 0 Å². The second-order valence-electron chi connectivity index (χ2n) is 6.36. The normalized spacial score (nSPS) is 24.6. The van der Waals surface area contributed by atoms with E-state index in [1.54, 1.807) is 4.31 Å². The molecule has 2 saturated heterocycles. The molecule has 2 aliphatic heterocycles. The summed E-state index contributed by atoms with van der Waals surface area (Å²) in [5, 5.41) is 0. The van der Waals surface area contributed by atoms with Crippen molar-refractivity contribution in [1.82, 2.24) is 9.21 Å². The Morgan fingerprint density at radius 2 is 1.91 bits per heavy atom. The maximum atomic E-state index is 12.6. The number of hydrogen-bond acceptors (Lipinski definition) is 4. The molecule has 1 aromatic carbocycles. The van der Waals surface area contributed by atoms with Gasteiger partial charge in [0.15, 0.2) is 0 Å². The van der Waals surface area contributed by atoms with Gasteiger partial charge in [0.2, 0.25) is 10.0 Å². The predicted molar refractivity (Wildman–Crippen MR) is 97.4 cm³/mol. The third kappa shape index (κ3) is 4.72. The molecule has 1 unspecified atom stereocenters. The van der Waals surface area contributed by atoms with Crippen LogP contribution in [0.3, 0.4) is 0 Å². The minimum atomic E-state index is -3.15. The molecule has 0 spiro atoms. The number of rotatable bonds is 5. The topological polar surface area (TPSA) is 40.6 Å². The fraction of sp³-hybridized carbons (Fsp3) is 0.647. The van der Waals surface area contributed by atoms with Crippen LogP contribution in [0, 0.1) is 0 Å². The van der Waals surface area contributed by atoms with Gasteiger partial charge in [-0.15, -0.1) is 0 Å². The lowest BCUT2D eigenvalue weighted by Crippen LogP contribution is -2.40. The molecule has 0 bridgehead atoms. The molecule has 0 saturated carbocycles. The fourth-order valence-corrected chi connectivity index (χ4v) is 6.16. The second kappa shape index (κ2) is 8.01. The van der Waals surface area contributed by atoms with Gasteiger partial charge in [0, 0.05) is 31.4 Å². The van der Waals surface area contributed by atoms with Gasteiger partial charge < -0.3 is 0 Å². The summed E-state index contributed by atoms with van der Waals surface area (Å²) >= 11 is 2.02. The Hall–Kier alpha value is -0.560. The first-order chi connectivity index (χ1) is 11.1. The van der Waals surface area contributed by atoms with Crippen molar-refractivity contribution in [2.24, 2.45) is 0 Å². The Bertz CT molecular complexity index is 586. The van der Waals surface area contributed by atoms with Crippen LogP contribution in [0.2, 0.25) is 0 Å². The van der Waals surface area contributed by atoms with Gasteiger partial charge in [-0.05, 0) is 37.1 Å². The van der Waals surface area contributed by atoms with Crippen molar-refractivity contribution in [2.45, 2.75) is 25.3 Å². The number of benzene rings is 1. The Morgan fingerprint density at radius 1 is 1.09 bits per heavy atom. The van der Waals surface area contributed by atoms with Crippen molar-refractivity contribution in [3.05, 3.63) is 35.9 Å². The summed E-state index contributed by atoms with van der Waals surface area (Å²) in [6, 6.07) is 10.5. The Labute approximate surface area is 144 Å². The predicted octanol–water partition coefficient (Wildman–Crippen LogP) is 2.07. The molecule has 0 N–H and O–H groups in total. The molecule has 128 valence electrons. The highest BCUT2D eigenvalue weighted by atomic mass is 32.2. The van der Waals surface area contributed by atoms with Gasteiger partial charge in [0.1, 0.15) is 0 Å². The molecule has 0 aliphatic carbocycles. The van der Waals surface area contributed by atoms with E-state index in [1.165, 1.54) is 17.9 Å². The first-order valence-corrected chi connectivity index (χ1v) is 11.2. The minimum Gasteiger partial charge on any atom is -0.298 e. The molecule has 2 fully saturated rings. The molecule has 4 nitrogen and oxygen atoms in total. The van der Waals surface area contributed by atoms with Crippen LogP contribution in [0.15, 0.2) is 30.3 Å². The third-order valence-electron chi connectivity index (χ3n) is 4.80. The summed E-state index contributed by atoms with van der Waals surface area (Å²) in [6.07, 6.45) is 2.81.